The van der Waals surface area contributed by atoms with Crippen molar-refractivity contribution >= 4 is 5.97 Å². The third kappa shape index (κ3) is 1.76. The highest BCUT2D eigenvalue weighted by Gasteiger charge is 2.13. The average Bonchev–Trinajstić information content (AvgIpc) is 2.36. The standard InChI is InChI=1S/C6H8N2O3/c1-3-10-6(9)5-7-4(2)8-11-5/h3H2,1-2H3. The summed E-state index contributed by atoms with van der Waals surface area (Å²) in [5.74, 6) is -0.245. The van der Waals surface area contributed by atoms with Gasteiger partial charge in [-0.05, 0) is 13.8 Å². The Kier molecular flexibility index (Phi) is 2.20. The number of ether oxygens (including phenoxy) is 1. The summed E-state index contributed by atoms with van der Waals surface area (Å²) in [4.78, 5) is 14.5. The minimum Gasteiger partial charge on any atom is -0.459 e. The lowest BCUT2D eigenvalue weighted by atomic mass is 10.6. The van der Waals surface area contributed by atoms with E-state index in [0.717, 1.165) is 0 Å². The van der Waals surface area contributed by atoms with E-state index in [1.807, 2.05) is 0 Å². The molecule has 0 aromatic carbocycles. The Bertz CT molecular complexity index is 256. The topological polar surface area (TPSA) is 65.2 Å². The Balaban J connectivity index is 2.69. The number of carbonyl (C=O) groups is 1. The predicted molar refractivity (Wildman–Crippen MR) is 35.0 cm³/mol. The number of hydrogen-bond acceptors (Lipinski definition) is 5. The van der Waals surface area contributed by atoms with E-state index < -0.39 is 5.97 Å². The van der Waals surface area contributed by atoms with Crippen molar-refractivity contribution in [1.82, 2.24) is 10.1 Å². The van der Waals surface area contributed by atoms with E-state index in [9.17, 15) is 4.79 Å². The van der Waals surface area contributed by atoms with E-state index in [-0.39, 0.29) is 5.89 Å². The van der Waals surface area contributed by atoms with Gasteiger partial charge < -0.3 is 9.26 Å². The summed E-state index contributed by atoms with van der Waals surface area (Å²) >= 11 is 0. The molecule has 1 aromatic heterocycles. The Morgan fingerprint density at radius 3 is 2.91 bits per heavy atom. The molecule has 5 heteroatoms. The first-order chi connectivity index (χ1) is 5.24. The third-order valence-electron chi connectivity index (χ3n) is 0.978. The maximum atomic E-state index is 10.8. The summed E-state index contributed by atoms with van der Waals surface area (Å²) in [6.45, 7) is 3.65. The molecule has 0 fully saturated rings. The van der Waals surface area contributed by atoms with Gasteiger partial charge >= 0.3 is 11.9 Å². The normalized spacial score (nSPS) is 9.64. The van der Waals surface area contributed by atoms with Gasteiger partial charge in [0.25, 0.3) is 0 Å². The summed E-state index contributed by atoms with van der Waals surface area (Å²) in [5.41, 5.74) is 0. The average molecular weight is 156 g/mol. The van der Waals surface area contributed by atoms with Crippen LogP contribution in [0.1, 0.15) is 23.4 Å². The predicted octanol–water partition coefficient (Wildman–Crippen LogP) is 0.555. The molecule has 0 aliphatic heterocycles. The number of aryl methyl sites for hydroxylation is 1. The number of esters is 1. The van der Waals surface area contributed by atoms with Crippen molar-refractivity contribution in [3.05, 3.63) is 11.7 Å². The molecule has 0 bridgehead atoms. The zero-order valence-electron chi connectivity index (χ0n) is 6.33. The largest absolute Gasteiger partial charge is 0.459 e. The van der Waals surface area contributed by atoms with Gasteiger partial charge in [0.15, 0.2) is 5.82 Å². The Labute approximate surface area is 63.4 Å². The van der Waals surface area contributed by atoms with Crippen LogP contribution in [-0.4, -0.2) is 22.7 Å². The molecule has 0 aliphatic carbocycles. The molecule has 0 unspecified atom stereocenters. The van der Waals surface area contributed by atoms with Crippen LogP contribution in [0, 0.1) is 6.92 Å². The number of rotatable bonds is 2. The molecule has 1 aromatic rings. The van der Waals surface area contributed by atoms with Crippen LogP contribution in [0.15, 0.2) is 4.52 Å². The summed E-state index contributed by atoms with van der Waals surface area (Å²) in [7, 11) is 0. The van der Waals surface area contributed by atoms with Gasteiger partial charge in [0, 0.05) is 0 Å². The van der Waals surface area contributed by atoms with E-state index in [1.165, 1.54) is 0 Å². The smallest absolute Gasteiger partial charge is 0.397 e. The van der Waals surface area contributed by atoms with E-state index in [1.54, 1.807) is 13.8 Å². The Morgan fingerprint density at radius 2 is 2.45 bits per heavy atom. The molecule has 0 saturated heterocycles. The molecule has 1 heterocycles. The molecule has 0 aliphatic rings. The first-order valence-electron chi connectivity index (χ1n) is 3.21. The molecule has 0 saturated carbocycles. The van der Waals surface area contributed by atoms with Crippen LogP contribution >= 0.6 is 0 Å². The summed E-state index contributed by atoms with van der Waals surface area (Å²) in [6.07, 6.45) is 0. The van der Waals surface area contributed by atoms with Gasteiger partial charge in [-0.2, -0.15) is 4.98 Å². The van der Waals surface area contributed by atoms with Crippen LogP contribution in [0.2, 0.25) is 0 Å². The van der Waals surface area contributed by atoms with Crippen LogP contribution < -0.4 is 0 Å². The molecule has 0 spiro atoms. The summed E-state index contributed by atoms with van der Waals surface area (Å²) in [5, 5.41) is 3.43. The van der Waals surface area contributed by atoms with Gasteiger partial charge in [0.1, 0.15) is 0 Å². The Morgan fingerprint density at radius 1 is 1.73 bits per heavy atom. The van der Waals surface area contributed by atoms with E-state index in [2.05, 4.69) is 19.4 Å². The van der Waals surface area contributed by atoms with E-state index in [0.29, 0.717) is 12.4 Å². The number of aromatic nitrogens is 2. The van der Waals surface area contributed by atoms with Gasteiger partial charge in [0.2, 0.25) is 0 Å². The lowest BCUT2D eigenvalue weighted by molar-refractivity contribution is 0.0470. The quantitative estimate of drug-likeness (QED) is 0.585. The maximum absolute atomic E-state index is 10.8. The van der Waals surface area contributed by atoms with Crippen molar-refractivity contribution in [2.75, 3.05) is 6.61 Å². The van der Waals surface area contributed by atoms with Crippen LogP contribution in [0.5, 0.6) is 0 Å². The fourth-order valence-corrected chi connectivity index (χ4v) is 0.573. The van der Waals surface area contributed by atoms with Crippen molar-refractivity contribution < 1.29 is 14.1 Å². The first-order valence-corrected chi connectivity index (χ1v) is 3.21. The van der Waals surface area contributed by atoms with Crippen molar-refractivity contribution in [2.45, 2.75) is 13.8 Å². The second kappa shape index (κ2) is 3.14. The molecule has 5 nitrogen and oxygen atoms in total. The van der Waals surface area contributed by atoms with Crippen molar-refractivity contribution in [3.8, 4) is 0 Å². The van der Waals surface area contributed by atoms with Crippen LogP contribution in [0.25, 0.3) is 0 Å². The molecule has 0 amide bonds. The molecular weight excluding hydrogens is 148 g/mol. The van der Waals surface area contributed by atoms with E-state index in [4.69, 9.17) is 0 Å². The highest BCUT2D eigenvalue weighted by atomic mass is 16.6. The van der Waals surface area contributed by atoms with Crippen LogP contribution in [0.3, 0.4) is 0 Å². The van der Waals surface area contributed by atoms with Gasteiger partial charge in [-0.25, -0.2) is 4.79 Å². The van der Waals surface area contributed by atoms with Crippen LogP contribution in [-0.2, 0) is 4.74 Å². The highest BCUT2D eigenvalue weighted by Crippen LogP contribution is 1.97. The van der Waals surface area contributed by atoms with Crippen molar-refractivity contribution in [3.63, 3.8) is 0 Å². The molecular formula is C6H8N2O3. The highest BCUT2D eigenvalue weighted by molar-refractivity contribution is 5.83. The second-order valence-electron chi connectivity index (χ2n) is 1.87. The summed E-state index contributed by atoms with van der Waals surface area (Å²) in [6, 6.07) is 0. The number of hydrogen-bond donors (Lipinski definition) is 0. The monoisotopic (exact) mass is 156 g/mol. The first kappa shape index (κ1) is 7.71. The molecule has 60 valence electrons. The SMILES string of the molecule is CCOC(=O)c1nc(C)no1. The zero-order chi connectivity index (χ0) is 8.27. The molecule has 0 N–H and O–H groups in total. The maximum Gasteiger partial charge on any atom is 0.397 e. The molecule has 0 radical (unpaired) electrons. The zero-order valence-corrected chi connectivity index (χ0v) is 6.33. The van der Waals surface area contributed by atoms with Gasteiger partial charge in [0.05, 0.1) is 6.61 Å². The molecule has 0 atom stereocenters. The van der Waals surface area contributed by atoms with Gasteiger partial charge in [-0.1, -0.05) is 5.16 Å². The van der Waals surface area contributed by atoms with Crippen molar-refractivity contribution in [1.29, 1.82) is 0 Å². The number of carbonyl (C=O) groups excluding carboxylic acids is 1. The molecule has 1 rings (SSSR count). The van der Waals surface area contributed by atoms with Gasteiger partial charge in [-0.3, -0.25) is 0 Å². The summed E-state index contributed by atoms with van der Waals surface area (Å²) < 4.78 is 9.15. The lowest BCUT2D eigenvalue weighted by Gasteiger charge is -1.92. The minimum atomic E-state index is -0.576. The fourth-order valence-electron chi connectivity index (χ4n) is 0.573. The van der Waals surface area contributed by atoms with Crippen molar-refractivity contribution in [2.24, 2.45) is 0 Å². The third-order valence-corrected chi connectivity index (χ3v) is 0.978. The lowest BCUT2D eigenvalue weighted by Crippen LogP contribution is -2.04. The fraction of sp³-hybridized carbons (Fsp3) is 0.500. The van der Waals surface area contributed by atoms with Crippen LogP contribution in [0.4, 0.5) is 0 Å². The second-order valence-corrected chi connectivity index (χ2v) is 1.87. The molecule has 11 heavy (non-hydrogen) atoms. The van der Waals surface area contributed by atoms with E-state index >= 15 is 0 Å². The van der Waals surface area contributed by atoms with Gasteiger partial charge in [-0.15, -0.1) is 0 Å². The minimum absolute atomic E-state index is 0.0932. The number of nitrogens with zero attached hydrogens (tertiary/aromatic N) is 2. The Hall–Kier alpha value is -1.39.